The van der Waals surface area contributed by atoms with Crippen LogP contribution in [0.5, 0.6) is 0 Å². The third-order valence-electron chi connectivity index (χ3n) is 6.17. The van der Waals surface area contributed by atoms with Crippen molar-refractivity contribution in [1.29, 1.82) is 0 Å². The zero-order valence-corrected chi connectivity index (χ0v) is 16.6. The fourth-order valence-electron chi connectivity index (χ4n) is 4.52. The van der Waals surface area contributed by atoms with E-state index in [-0.39, 0.29) is 0 Å². The molecule has 0 saturated carbocycles. The van der Waals surface area contributed by atoms with Crippen LogP contribution >= 0.6 is 0 Å². The number of hydrogen-bond acceptors (Lipinski definition) is 4. The van der Waals surface area contributed by atoms with Crippen molar-refractivity contribution < 1.29 is 4.42 Å². The molecule has 150 valence electrons. The molecule has 6 rings (SSSR count). The molecule has 0 amide bonds. The maximum Gasteiger partial charge on any atom is 0.153 e. The summed E-state index contributed by atoms with van der Waals surface area (Å²) in [5.74, 6) is 2.47. The Balaban J connectivity index is 1.16. The number of likely N-dealkylation sites (tertiary alicyclic amines) is 1. The van der Waals surface area contributed by atoms with Crippen molar-refractivity contribution in [1.82, 2.24) is 25.1 Å². The minimum atomic E-state index is 0.493. The lowest BCUT2D eigenvalue weighted by Crippen LogP contribution is -2.32. The molecule has 0 radical (unpaired) electrons. The maximum atomic E-state index is 6.04. The molecule has 0 spiro atoms. The Morgan fingerprint density at radius 1 is 1.03 bits per heavy atom. The van der Waals surface area contributed by atoms with E-state index in [0.29, 0.717) is 5.92 Å². The molecule has 1 aliphatic rings. The number of piperidine rings is 1. The Hall–Kier alpha value is -3.38. The number of nitrogens with one attached hydrogen (secondary N) is 2. The van der Waals surface area contributed by atoms with Crippen LogP contribution < -0.4 is 0 Å². The largest absolute Gasteiger partial charge is 0.454 e. The summed E-state index contributed by atoms with van der Waals surface area (Å²) in [6.45, 7) is 2.97. The van der Waals surface area contributed by atoms with Crippen LogP contribution in [0, 0.1) is 0 Å². The van der Waals surface area contributed by atoms with Gasteiger partial charge in [-0.15, -0.1) is 0 Å². The maximum absolute atomic E-state index is 6.04. The first kappa shape index (κ1) is 17.5. The highest BCUT2D eigenvalue weighted by molar-refractivity contribution is 5.82. The second kappa shape index (κ2) is 7.15. The summed E-state index contributed by atoms with van der Waals surface area (Å²) >= 11 is 0. The van der Waals surface area contributed by atoms with Crippen molar-refractivity contribution in [3.63, 3.8) is 0 Å². The summed E-state index contributed by atoms with van der Waals surface area (Å²) in [7, 11) is 0. The Morgan fingerprint density at radius 2 is 1.87 bits per heavy atom. The fraction of sp³-hybridized carbons (Fsp3) is 0.250. The predicted octanol–water partition coefficient (Wildman–Crippen LogP) is 5.08. The number of fused-ring (bicyclic) bond motifs is 2. The van der Waals surface area contributed by atoms with Gasteiger partial charge in [0.1, 0.15) is 17.1 Å². The van der Waals surface area contributed by atoms with Gasteiger partial charge in [0.15, 0.2) is 5.76 Å². The van der Waals surface area contributed by atoms with Crippen LogP contribution in [0.3, 0.4) is 0 Å². The molecule has 30 heavy (non-hydrogen) atoms. The first-order valence-corrected chi connectivity index (χ1v) is 10.5. The molecule has 2 aromatic carbocycles. The molecule has 6 heteroatoms. The van der Waals surface area contributed by atoms with Gasteiger partial charge in [0, 0.05) is 23.4 Å². The summed E-state index contributed by atoms with van der Waals surface area (Å²) in [5.41, 5.74) is 5.24. The Morgan fingerprint density at radius 3 is 2.73 bits per heavy atom. The molecule has 0 unspecified atom stereocenters. The molecule has 6 nitrogen and oxygen atoms in total. The van der Waals surface area contributed by atoms with Crippen molar-refractivity contribution in [3.05, 3.63) is 72.2 Å². The lowest BCUT2D eigenvalue weighted by Gasteiger charge is -2.30. The minimum Gasteiger partial charge on any atom is -0.454 e. The van der Waals surface area contributed by atoms with Gasteiger partial charge in [0.2, 0.25) is 0 Å². The van der Waals surface area contributed by atoms with Crippen LogP contribution in [-0.4, -0.2) is 38.2 Å². The van der Waals surface area contributed by atoms with E-state index in [2.05, 4.69) is 50.4 Å². The van der Waals surface area contributed by atoms with E-state index in [0.717, 1.165) is 71.8 Å². The quantitative estimate of drug-likeness (QED) is 0.444. The molecule has 1 aliphatic heterocycles. The van der Waals surface area contributed by atoms with E-state index < -0.39 is 0 Å². The first-order chi connectivity index (χ1) is 14.8. The zero-order valence-electron chi connectivity index (χ0n) is 16.6. The number of rotatable bonds is 4. The lowest BCUT2D eigenvalue weighted by molar-refractivity contribution is 0.202. The van der Waals surface area contributed by atoms with Gasteiger partial charge in [-0.05, 0) is 50.2 Å². The first-order valence-electron chi connectivity index (χ1n) is 10.5. The Kier molecular flexibility index (Phi) is 4.16. The van der Waals surface area contributed by atoms with Gasteiger partial charge in [0.25, 0.3) is 0 Å². The van der Waals surface area contributed by atoms with Crippen LogP contribution in [0.25, 0.3) is 33.5 Å². The molecule has 5 aromatic rings. The highest BCUT2D eigenvalue weighted by atomic mass is 16.3. The minimum absolute atomic E-state index is 0.493. The zero-order chi connectivity index (χ0) is 19.9. The Labute approximate surface area is 173 Å². The van der Waals surface area contributed by atoms with Gasteiger partial charge in [-0.25, -0.2) is 4.98 Å². The van der Waals surface area contributed by atoms with E-state index in [9.17, 15) is 0 Å². The summed E-state index contributed by atoms with van der Waals surface area (Å²) in [6.07, 6.45) is 4.14. The Bertz CT molecular complexity index is 1240. The van der Waals surface area contributed by atoms with Crippen molar-refractivity contribution in [2.75, 3.05) is 13.1 Å². The molecular weight excluding hydrogens is 374 g/mol. The molecule has 1 fully saturated rings. The number of nitrogens with zero attached hydrogens (tertiary/aromatic N) is 3. The van der Waals surface area contributed by atoms with Gasteiger partial charge in [-0.3, -0.25) is 10.00 Å². The van der Waals surface area contributed by atoms with Crippen LogP contribution in [0.15, 0.2) is 65.2 Å². The average molecular weight is 397 g/mol. The van der Waals surface area contributed by atoms with Crippen LogP contribution in [0.4, 0.5) is 0 Å². The normalized spacial score (nSPS) is 16.0. The SMILES string of the molecule is c1ccc2oc(-c3[nH]ncc3CN3CCC(c4nc5ccccc5[nH]4)CC3)cc2c1. The molecule has 0 aliphatic carbocycles. The number of furan rings is 1. The van der Waals surface area contributed by atoms with Crippen LogP contribution in [0.2, 0.25) is 0 Å². The molecule has 3 aromatic heterocycles. The molecule has 4 heterocycles. The monoisotopic (exact) mass is 397 g/mol. The highest BCUT2D eigenvalue weighted by Crippen LogP contribution is 2.31. The van der Waals surface area contributed by atoms with Crippen LogP contribution in [0.1, 0.15) is 30.1 Å². The number of aromatic nitrogens is 4. The van der Waals surface area contributed by atoms with Crippen molar-refractivity contribution in [3.8, 4) is 11.5 Å². The van der Waals surface area contributed by atoms with E-state index in [4.69, 9.17) is 9.40 Å². The third kappa shape index (κ3) is 3.09. The van der Waals surface area contributed by atoms with E-state index in [1.54, 1.807) is 0 Å². The fourth-order valence-corrected chi connectivity index (χ4v) is 4.52. The molecule has 0 atom stereocenters. The van der Waals surface area contributed by atoms with Gasteiger partial charge < -0.3 is 9.40 Å². The molecule has 1 saturated heterocycles. The van der Waals surface area contributed by atoms with Gasteiger partial charge in [0.05, 0.1) is 17.2 Å². The standard InChI is InChI=1S/C24H23N5O/c1-4-8-21-17(5-1)13-22(30-21)23-18(14-25-28-23)15-29-11-9-16(10-12-29)24-26-19-6-2-3-7-20(19)27-24/h1-8,13-14,16H,9-12,15H2,(H,25,28)(H,26,27). The second-order valence-corrected chi connectivity index (χ2v) is 8.11. The van der Waals surface area contributed by atoms with E-state index in [1.807, 2.05) is 30.5 Å². The number of para-hydroxylation sites is 3. The third-order valence-corrected chi connectivity index (χ3v) is 6.17. The number of imidazole rings is 1. The second-order valence-electron chi connectivity index (χ2n) is 8.11. The summed E-state index contributed by atoms with van der Waals surface area (Å²) in [5, 5.41) is 8.54. The topological polar surface area (TPSA) is 73.7 Å². The number of H-pyrrole nitrogens is 2. The lowest BCUT2D eigenvalue weighted by atomic mass is 9.96. The van der Waals surface area contributed by atoms with E-state index >= 15 is 0 Å². The average Bonchev–Trinajstić information content (AvgIpc) is 3.51. The summed E-state index contributed by atoms with van der Waals surface area (Å²) in [6, 6.07) is 18.4. The van der Waals surface area contributed by atoms with Crippen molar-refractivity contribution >= 4 is 22.0 Å². The van der Waals surface area contributed by atoms with Crippen LogP contribution in [-0.2, 0) is 6.54 Å². The van der Waals surface area contributed by atoms with E-state index in [1.165, 1.54) is 5.56 Å². The molecule has 0 bridgehead atoms. The molecule has 2 N–H and O–H groups in total. The highest BCUT2D eigenvalue weighted by Gasteiger charge is 2.24. The predicted molar refractivity (Wildman–Crippen MR) is 117 cm³/mol. The number of aromatic amines is 2. The number of hydrogen-bond donors (Lipinski definition) is 2. The van der Waals surface area contributed by atoms with Gasteiger partial charge >= 0.3 is 0 Å². The van der Waals surface area contributed by atoms with Crippen molar-refractivity contribution in [2.24, 2.45) is 0 Å². The molecular formula is C24H23N5O. The summed E-state index contributed by atoms with van der Waals surface area (Å²) in [4.78, 5) is 10.8. The smallest absolute Gasteiger partial charge is 0.153 e. The summed E-state index contributed by atoms with van der Waals surface area (Å²) < 4.78 is 6.04. The van der Waals surface area contributed by atoms with Crippen molar-refractivity contribution in [2.45, 2.75) is 25.3 Å². The van der Waals surface area contributed by atoms with Gasteiger partial charge in [-0.2, -0.15) is 5.10 Å². The van der Waals surface area contributed by atoms with Gasteiger partial charge in [-0.1, -0.05) is 30.3 Å². The number of benzene rings is 2.